The monoisotopic (exact) mass is 278 g/mol. The van der Waals surface area contributed by atoms with Crippen molar-refractivity contribution in [2.45, 2.75) is 32.4 Å². The first-order chi connectivity index (χ1) is 9.70. The molecule has 1 amide bonds. The summed E-state index contributed by atoms with van der Waals surface area (Å²) in [5.41, 5.74) is 7.66. The molecule has 0 aliphatic carbocycles. The van der Waals surface area contributed by atoms with Crippen molar-refractivity contribution in [2.24, 2.45) is 0 Å². The Kier molecular flexibility index (Phi) is 5.17. The smallest absolute Gasteiger partial charge is 0.409 e. The second kappa shape index (κ2) is 7.09. The predicted octanol–water partition coefficient (Wildman–Crippen LogP) is 1.37. The Bertz CT molecular complexity index is 445. The van der Waals surface area contributed by atoms with Gasteiger partial charge in [0.05, 0.1) is 6.61 Å². The molecule has 0 saturated carbocycles. The van der Waals surface area contributed by atoms with Gasteiger partial charge in [-0.1, -0.05) is 0 Å². The van der Waals surface area contributed by atoms with Crippen LogP contribution in [-0.2, 0) is 11.3 Å². The molecule has 2 heterocycles. The molecule has 6 heteroatoms. The minimum atomic E-state index is -0.206. The van der Waals surface area contributed by atoms with E-state index in [2.05, 4.69) is 10.3 Å². The van der Waals surface area contributed by atoms with Gasteiger partial charge in [0.1, 0.15) is 0 Å². The highest BCUT2D eigenvalue weighted by atomic mass is 16.6. The predicted molar refractivity (Wildman–Crippen MR) is 77.1 cm³/mol. The van der Waals surface area contributed by atoms with E-state index in [0.717, 1.165) is 37.2 Å². The number of likely N-dealkylation sites (tertiary alicyclic amines) is 1. The van der Waals surface area contributed by atoms with Crippen LogP contribution >= 0.6 is 0 Å². The summed E-state index contributed by atoms with van der Waals surface area (Å²) in [5, 5.41) is 3.47. The quantitative estimate of drug-likeness (QED) is 0.869. The molecule has 20 heavy (non-hydrogen) atoms. The lowest BCUT2D eigenvalue weighted by atomic mass is 10.1. The largest absolute Gasteiger partial charge is 0.450 e. The van der Waals surface area contributed by atoms with Gasteiger partial charge < -0.3 is 20.7 Å². The van der Waals surface area contributed by atoms with E-state index in [4.69, 9.17) is 10.5 Å². The van der Waals surface area contributed by atoms with E-state index < -0.39 is 0 Å². The van der Waals surface area contributed by atoms with Crippen molar-refractivity contribution in [2.75, 3.05) is 25.4 Å². The topological polar surface area (TPSA) is 80.5 Å². The maximum absolute atomic E-state index is 11.6. The maximum atomic E-state index is 11.6. The van der Waals surface area contributed by atoms with Crippen molar-refractivity contribution in [1.29, 1.82) is 0 Å². The molecule has 1 saturated heterocycles. The molecule has 6 nitrogen and oxygen atoms in total. The second-order valence-electron chi connectivity index (χ2n) is 4.92. The van der Waals surface area contributed by atoms with Crippen molar-refractivity contribution in [3.05, 3.63) is 24.0 Å². The van der Waals surface area contributed by atoms with Crippen LogP contribution in [0.15, 0.2) is 18.5 Å². The third-order valence-corrected chi connectivity index (χ3v) is 3.54. The number of nitrogens with two attached hydrogens (primary N) is 1. The van der Waals surface area contributed by atoms with Crippen molar-refractivity contribution < 1.29 is 9.53 Å². The summed E-state index contributed by atoms with van der Waals surface area (Å²) in [6, 6.07) is 2.21. The summed E-state index contributed by atoms with van der Waals surface area (Å²) >= 11 is 0. The number of aromatic nitrogens is 1. The van der Waals surface area contributed by atoms with Crippen LogP contribution in [0.1, 0.15) is 25.3 Å². The molecule has 0 spiro atoms. The van der Waals surface area contributed by atoms with Gasteiger partial charge in [0, 0.05) is 49.3 Å². The zero-order valence-electron chi connectivity index (χ0n) is 11.8. The van der Waals surface area contributed by atoms with Crippen LogP contribution in [-0.4, -0.2) is 41.7 Å². The molecule has 0 radical (unpaired) electrons. The molecule has 3 N–H and O–H groups in total. The van der Waals surface area contributed by atoms with Gasteiger partial charge in [-0.25, -0.2) is 4.79 Å². The number of rotatable bonds is 4. The minimum Gasteiger partial charge on any atom is -0.450 e. The van der Waals surface area contributed by atoms with Crippen LogP contribution in [0.5, 0.6) is 0 Å². The molecule has 2 rings (SSSR count). The molecule has 1 aliphatic rings. The van der Waals surface area contributed by atoms with Crippen molar-refractivity contribution in [3.63, 3.8) is 0 Å². The lowest BCUT2D eigenvalue weighted by Crippen LogP contribution is -2.44. The van der Waals surface area contributed by atoms with Gasteiger partial charge in [0.2, 0.25) is 0 Å². The Morgan fingerprint density at radius 2 is 2.30 bits per heavy atom. The Balaban J connectivity index is 1.75. The van der Waals surface area contributed by atoms with E-state index in [-0.39, 0.29) is 6.09 Å². The number of pyridine rings is 1. The van der Waals surface area contributed by atoms with Gasteiger partial charge in [-0.2, -0.15) is 0 Å². The molecule has 1 aromatic heterocycles. The normalized spacial score (nSPS) is 16.1. The van der Waals surface area contributed by atoms with E-state index >= 15 is 0 Å². The fourth-order valence-electron chi connectivity index (χ4n) is 2.32. The number of ether oxygens (including phenoxy) is 1. The summed E-state index contributed by atoms with van der Waals surface area (Å²) in [5.74, 6) is 0. The summed E-state index contributed by atoms with van der Waals surface area (Å²) in [6.45, 7) is 4.43. The van der Waals surface area contributed by atoms with E-state index in [1.54, 1.807) is 23.4 Å². The second-order valence-corrected chi connectivity index (χ2v) is 4.92. The van der Waals surface area contributed by atoms with Crippen LogP contribution in [0.2, 0.25) is 0 Å². The molecule has 0 aromatic carbocycles. The zero-order valence-corrected chi connectivity index (χ0v) is 11.8. The van der Waals surface area contributed by atoms with Crippen LogP contribution in [0.3, 0.4) is 0 Å². The van der Waals surface area contributed by atoms with Crippen LogP contribution < -0.4 is 11.1 Å². The SMILES string of the molecule is CCOC(=O)N1CCC(NCc2cnccc2N)CC1. The molecule has 1 aliphatic heterocycles. The summed E-state index contributed by atoms with van der Waals surface area (Å²) in [7, 11) is 0. The van der Waals surface area contributed by atoms with E-state index in [0.29, 0.717) is 19.2 Å². The van der Waals surface area contributed by atoms with Gasteiger partial charge in [0.15, 0.2) is 0 Å². The number of carbonyl (C=O) groups is 1. The number of hydrogen-bond donors (Lipinski definition) is 2. The fourth-order valence-corrected chi connectivity index (χ4v) is 2.32. The third-order valence-electron chi connectivity index (χ3n) is 3.54. The van der Waals surface area contributed by atoms with Gasteiger partial charge in [-0.05, 0) is 25.8 Å². The Morgan fingerprint density at radius 1 is 1.55 bits per heavy atom. The number of nitrogens with zero attached hydrogens (tertiary/aromatic N) is 2. The minimum absolute atomic E-state index is 0.206. The van der Waals surface area contributed by atoms with Gasteiger partial charge in [-0.3, -0.25) is 4.98 Å². The number of nitrogen functional groups attached to an aromatic ring is 1. The number of carbonyl (C=O) groups excluding carboxylic acids is 1. The van der Waals surface area contributed by atoms with Crippen molar-refractivity contribution in [1.82, 2.24) is 15.2 Å². The number of anilines is 1. The number of piperidine rings is 1. The number of amides is 1. The summed E-state index contributed by atoms with van der Waals surface area (Å²) in [4.78, 5) is 17.4. The van der Waals surface area contributed by atoms with Crippen LogP contribution in [0.25, 0.3) is 0 Å². The lowest BCUT2D eigenvalue weighted by Gasteiger charge is -2.31. The molecule has 0 atom stereocenters. The fraction of sp³-hybridized carbons (Fsp3) is 0.571. The van der Waals surface area contributed by atoms with E-state index in [9.17, 15) is 4.79 Å². The first-order valence-electron chi connectivity index (χ1n) is 7.04. The van der Waals surface area contributed by atoms with Crippen molar-refractivity contribution >= 4 is 11.8 Å². The molecule has 1 aromatic rings. The Labute approximate surface area is 119 Å². The molecule has 0 unspecified atom stereocenters. The van der Waals surface area contributed by atoms with Crippen LogP contribution in [0, 0.1) is 0 Å². The number of nitrogens with one attached hydrogen (secondary N) is 1. The first-order valence-corrected chi connectivity index (χ1v) is 7.04. The zero-order chi connectivity index (χ0) is 14.4. The van der Waals surface area contributed by atoms with Crippen molar-refractivity contribution in [3.8, 4) is 0 Å². The van der Waals surface area contributed by atoms with Gasteiger partial charge in [-0.15, -0.1) is 0 Å². The molecular weight excluding hydrogens is 256 g/mol. The first kappa shape index (κ1) is 14.6. The highest BCUT2D eigenvalue weighted by molar-refractivity contribution is 5.67. The average molecular weight is 278 g/mol. The highest BCUT2D eigenvalue weighted by Crippen LogP contribution is 2.14. The maximum Gasteiger partial charge on any atom is 0.409 e. The molecular formula is C14H22N4O2. The summed E-state index contributed by atoms with van der Waals surface area (Å²) < 4.78 is 5.00. The average Bonchev–Trinajstić information content (AvgIpc) is 2.47. The third kappa shape index (κ3) is 3.84. The standard InChI is InChI=1S/C14H22N4O2/c1-2-20-14(19)18-7-4-12(5-8-18)17-10-11-9-16-6-3-13(11)15/h3,6,9,12,17H,2,4-5,7-8,10H2,1H3,(H2,15,16). The summed E-state index contributed by atoms with van der Waals surface area (Å²) in [6.07, 6.45) is 5.13. The highest BCUT2D eigenvalue weighted by Gasteiger charge is 2.23. The Hall–Kier alpha value is -1.82. The Morgan fingerprint density at radius 3 is 2.95 bits per heavy atom. The van der Waals surface area contributed by atoms with E-state index in [1.165, 1.54) is 0 Å². The van der Waals surface area contributed by atoms with Gasteiger partial charge in [0.25, 0.3) is 0 Å². The molecule has 0 bridgehead atoms. The molecule has 110 valence electrons. The van der Waals surface area contributed by atoms with Crippen LogP contribution in [0.4, 0.5) is 10.5 Å². The van der Waals surface area contributed by atoms with E-state index in [1.807, 2.05) is 6.92 Å². The lowest BCUT2D eigenvalue weighted by molar-refractivity contribution is 0.0950. The molecule has 1 fully saturated rings. The number of hydrogen-bond acceptors (Lipinski definition) is 5. The van der Waals surface area contributed by atoms with Gasteiger partial charge >= 0.3 is 6.09 Å².